The lowest BCUT2D eigenvalue weighted by Gasteiger charge is -2.35. The maximum absolute atomic E-state index is 13.6. The number of benzene rings is 1. The molecule has 0 spiro atoms. The van der Waals surface area contributed by atoms with Crippen LogP contribution in [0.1, 0.15) is 31.7 Å². The van der Waals surface area contributed by atoms with Gasteiger partial charge in [-0.25, -0.2) is 4.39 Å². The first-order valence-electron chi connectivity index (χ1n) is 8.59. The number of nitrogens with zero attached hydrogens (tertiary/aromatic N) is 1. The number of ether oxygens (including phenoxy) is 1. The van der Waals surface area contributed by atoms with Gasteiger partial charge in [0.25, 0.3) is 0 Å². The molecule has 1 amide bonds. The Bertz CT molecular complexity index is 519. The Hall–Kier alpha value is -1.50. The van der Waals surface area contributed by atoms with Crippen molar-refractivity contribution in [1.29, 1.82) is 0 Å². The lowest BCUT2D eigenvalue weighted by Crippen LogP contribution is -2.49. The SMILES string of the molecule is CC(C(=O)NCc1ccccc1F)N1CCC(OCCCO)CC1. The third kappa shape index (κ3) is 5.54. The molecule has 2 N–H and O–H groups in total. The van der Waals surface area contributed by atoms with Crippen LogP contribution in [0.25, 0.3) is 0 Å². The molecule has 1 heterocycles. The van der Waals surface area contributed by atoms with Crippen LogP contribution in [0.5, 0.6) is 0 Å². The third-order valence-corrected chi connectivity index (χ3v) is 4.47. The van der Waals surface area contributed by atoms with Gasteiger partial charge < -0.3 is 15.2 Å². The number of rotatable bonds is 8. The molecule has 0 aliphatic carbocycles. The molecule has 1 unspecified atom stereocenters. The summed E-state index contributed by atoms with van der Waals surface area (Å²) in [6, 6.07) is 6.23. The summed E-state index contributed by atoms with van der Waals surface area (Å²) in [6.45, 7) is 4.42. The molecule has 5 nitrogen and oxygen atoms in total. The van der Waals surface area contributed by atoms with Crippen molar-refractivity contribution in [2.45, 2.75) is 44.9 Å². The fourth-order valence-corrected chi connectivity index (χ4v) is 2.88. The van der Waals surface area contributed by atoms with Crippen LogP contribution >= 0.6 is 0 Å². The molecular formula is C18H27FN2O3. The molecule has 0 radical (unpaired) electrons. The molecule has 134 valence electrons. The van der Waals surface area contributed by atoms with Crippen LogP contribution in [0.3, 0.4) is 0 Å². The standard InChI is InChI=1S/C18H27FN2O3/c1-14(18(23)20-13-15-5-2-3-6-17(15)19)21-9-7-16(8-10-21)24-12-4-11-22/h2-3,5-6,14,16,22H,4,7-13H2,1H3,(H,20,23). The lowest BCUT2D eigenvalue weighted by atomic mass is 10.1. The van der Waals surface area contributed by atoms with E-state index >= 15 is 0 Å². The Morgan fingerprint density at radius 1 is 1.42 bits per heavy atom. The molecule has 1 aromatic carbocycles. The minimum Gasteiger partial charge on any atom is -0.396 e. The minimum atomic E-state index is -0.300. The van der Waals surface area contributed by atoms with Gasteiger partial charge in [0.2, 0.25) is 5.91 Å². The van der Waals surface area contributed by atoms with Crippen molar-refractivity contribution < 1.29 is 19.0 Å². The summed E-state index contributed by atoms with van der Waals surface area (Å²) in [5, 5.41) is 11.6. The van der Waals surface area contributed by atoms with E-state index in [2.05, 4.69) is 10.2 Å². The number of hydrogen-bond donors (Lipinski definition) is 2. The van der Waals surface area contributed by atoms with Crippen LogP contribution in [0.4, 0.5) is 4.39 Å². The van der Waals surface area contributed by atoms with Crippen molar-refractivity contribution in [2.75, 3.05) is 26.3 Å². The van der Waals surface area contributed by atoms with Crippen LogP contribution in [0, 0.1) is 5.82 Å². The second-order valence-electron chi connectivity index (χ2n) is 6.17. The van der Waals surface area contributed by atoms with E-state index < -0.39 is 0 Å². The number of amides is 1. The van der Waals surface area contributed by atoms with Gasteiger partial charge in [-0.1, -0.05) is 18.2 Å². The maximum atomic E-state index is 13.6. The fourth-order valence-electron chi connectivity index (χ4n) is 2.88. The van der Waals surface area contributed by atoms with E-state index in [4.69, 9.17) is 9.84 Å². The van der Waals surface area contributed by atoms with E-state index in [1.54, 1.807) is 18.2 Å². The zero-order valence-corrected chi connectivity index (χ0v) is 14.2. The molecule has 6 heteroatoms. The maximum Gasteiger partial charge on any atom is 0.237 e. The Morgan fingerprint density at radius 3 is 2.79 bits per heavy atom. The molecule has 2 rings (SSSR count). The zero-order chi connectivity index (χ0) is 17.4. The lowest BCUT2D eigenvalue weighted by molar-refractivity contribution is -0.127. The minimum absolute atomic E-state index is 0.0853. The average molecular weight is 338 g/mol. The molecule has 0 bridgehead atoms. The van der Waals surface area contributed by atoms with Gasteiger partial charge in [-0.2, -0.15) is 0 Å². The number of piperidine rings is 1. The molecule has 0 aromatic heterocycles. The average Bonchev–Trinajstić information content (AvgIpc) is 2.61. The second-order valence-corrected chi connectivity index (χ2v) is 6.17. The molecule has 24 heavy (non-hydrogen) atoms. The van der Waals surface area contributed by atoms with Gasteiger partial charge >= 0.3 is 0 Å². The summed E-state index contributed by atoms with van der Waals surface area (Å²) in [4.78, 5) is 14.4. The number of carbonyl (C=O) groups excluding carboxylic acids is 1. The van der Waals surface area contributed by atoms with Gasteiger partial charge in [0.15, 0.2) is 0 Å². The van der Waals surface area contributed by atoms with Crippen LogP contribution in [-0.4, -0.2) is 54.4 Å². The summed E-state index contributed by atoms with van der Waals surface area (Å²) < 4.78 is 19.3. The van der Waals surface area contributed by atoms with E-state index in [9.17, 15) is 9.18 Å². The Balaban J connectivity index is 1.73. The largest absolute Gasteiger partial charge is 0.396 e. The van der Waals surface area contributed by atoms with Gasteiger partial charge in [-0.3, -0.25) is 9.69 Å². The summed E-state index contributed by atoms with van der Waals surface area (Å²) in [7, 11) is 0. The van der Waals surface area contributed by atoms with Crippen LogP contribution in [-0.2, 0) is 16.1 Å². The van der Waals surface area contributed by atoms with Crippen molar-refractivity contribution in [3.63, 3.8) is 0 Å². The predicted octanol–water partition coefficient (Wildman–Crippen LogP) is 1.69. The summed E-state index contributed by atoms with van der Waals surface area (Å²) in [5.74, 6) is -0.385. The Kier molecular flexibility index (Phi) is 7.62. The predicted molar refractivity (Wildman–Crippen MR) is 90.0 cm³/mol. The number of aliphatic hydroxyl groups excluding tert-OH is 1. The first kappa shape index (κ1) is 18.8. The first-order valence-corrected chi connectivity index (χ1v) is 8.59. The van der Waals surface area contributed by atoms with Gasteiger partial charge in [0.05, 0.1) is 12.1 Å². The summed E-state index contributed by atoms with van der Waals surface area (Å²) >= 11 is 0. The highest BCUT2D eigenvalue weighted by molar-refractivity contribution is 5.81. The second kappa shape index (κ2) is 9.71. The van der Waals surface area contributed by atoms with Crippen LogP contribution in [0.2, 0.25) is 0 Å². The van der Waals surface area contributed by atoms with Crippen LogP contribution < -0.4 is 5.32 Å². The number of halogens is 1. The van der Waals surface area contributed by atoms with E-state index in [-0.39, 0.29) is 37.0 Å². The number of likely N-dealkylation sites (tertiary alicyclic amines) is 1. The van der Waals surface area contributed by atoms with Crippen LogP contribution in [0.15, 0.2) is 24.3 Å². The molecule has 1 fully saturated rings. The fraction of sp³-hybridized carbons (Fsp3) is 0.611. The number of carbonyl (C=O) groups is 1. The smallest absolute Gasteiger partial charge is 0.237 e. The van der Waals surface area contributed by atoms with E-state index in [1.165, 1.54) is 6.07 Å². The summed E-state index contributed by atoms with van der Waals surface area (Å²) in [5.41, 5.74) is 0.494. The number of nitrogens with one attached hydrogen (secondary N) is 1. The molecule has 1 aliphatic heterocycles. The zero-order valence-electron chi connectivity index (χ0n) is 14.2. The van der Waals surface area contributed by atoms with Crippen molar-refractivity contribution in [1.82, 2.24) is 10.2 Å². The molecule has 1 aromatic rings. The highest BCUT2D eigenvalue weighted by Gasteiger charge is 2.26. The highest BCUT2D eigenvalue weighted by Crippen LogP contribution is 2.16. The molecule has 1 saturated heterocycles. The number of hydrogen-bond acceptors (Lipinski definition) is 4. The van der Waals surface area contributed by atoms with Gasteiger partial charge in [0, 0.05) is 38.4 Å². The molecular weight excluding hydrogens is 311 g/mol. The van der Waals surface area contributed by atoms with Gasteiger partial charge in [-0.05, 0) is 32.3 Å². The summed E-state index contributed by atoms with van der Waals surface area (Å²) in [6.07, 6.45) is 2.64. The van der Waals surface area contributed by atoms with E-state index in [0.29, 0.717) is 18.6 Å². The number of aliphatic hydroxyl groups is 1. The third-order valence-electron chi connectivity index (χ3n) is 4.47. The monoisotopic (exact) mass is 338 g/mol. The van der Waals surface area contributed by atoms with E-state index in [0.717, 1.165) is 25.9 Å². The van der Waals surface area contributed by atoms with Crippen molar-refractivity contribution in [3.05, 3.63) is 35.6 Å². The molecule has 1 aliphatic rings. The normalized spacial score (nSPS) is 17.6. The topological polar surface area (TPSA) is 61.8 Å². The van der Waals surface area contributed by atoms with Crippen molar-refractivity contribution >= 4 is 5.91 Å². The van der Waals surface area contributed by atoms with Gasteiger partial charge in [-0.15, -0.1) is 0 Å². The first-order chi connectivity index (χ1) is 11.6. The van der Waals surface area contributed by atoms with Crippen molar-refractivity contribution in [3.8, 4) is 0 Å². The molecule has 1 atom stereocenters. The Labute approximate surface area is 142 Å². The van der Waals surface area contributed by atoms with Crippen molar-refractivity contribution in [2.24, 2.45) is 0 Å². The highest BCUT2D eigenvalue weighted by atomic mass is 19.1. The quantitative estimate of drug-likeness (QED) is 0.708. The van der Waals surface area contributed by atoms with E-state index in [1.807, 2.05) is 6.92 Å². The molecule has 0 saturated carbocycles. The Morgan fingerprint density at radius 2 is 2.12 bits per heavy atom. The van der Waals surface area contributed by atoms with Gasteiger partial charge in [0.1, 0.15) is 5.82 Å².